The lowest BCUT2D eigenvalue weighted by Crippen LogP contribution is -2.40. The Morgan fingerprint density at radius 3 is 2.52 bits per heavy atom. The van der Waals surface area contributed by atoms with Gasteiger partial charge in [-0.25, -0.2) is 8.42 Å². The number of hydrogen-bond acceptors (Lipinski definition) is 3. The third-order valence-electron chi connectivity index (χ3n) is 4.22. The van der Waals surface area contributed by atoms with Crippen LogP contribution in [0.15, 0.2) is 23.1 Å². The van der Waals surface area contributed by atoms with Crippen LogP contribution in [0.25, 0.3) is 0 Å². The fourth-order valence-corrected chi connectivity index (χ4v) is 4.61. The van der Waals surface area contributed by atoms with Crippen LogP contribution < -0.4 is 5.32 Å². The molecule has 5 heteroatoms. The zero-order valence-electron chi connectivity index (χ0n) is 13.2. The summed E-state index contributed by atoms with van der Waals surface area (Å²) in [6.07, 6.45) is 1.88. The van der Waals surface area contributed by atoms with Crippen molar-refractivity contribution in [2.45, 2.75) is 38.5 Å². The minimum absolute atomic E-state index is 0.465. The maximum Gasteiger partial charge on any atom is 0.243 e. The highest BCUT2D eigenvalue weighted by molar-refractivity contribution is 7.89. The number of benzene rings is 1. The van der Waals surface area contributed by atoms with Crippen molar-refractivity contribution < 1.29 is 8.42 Å². The van der Waals surface area contributed by atoms with Crippen LogP contribution in [0.2, 0.25) is 0 Å². The first-order chi connectivity index (χ1) is 9.95. The van der Waals surface area contributed by atoms with Gasteiger partial charge in [0.1, 0.15) is 0 Å². The highest BCUT2D eigenvalue weighted by Gasteiger charge is 2.30. The second-order valence-corrected chi connectivity index (χ2v) is 7.83. The van der Waals surface area contributed by atoms with Gasteiger partial charge in [0.2, 0.25) is 10.0 Å². The van der Waals surface area contributed by atoms with E-state index in [0.717, 1.165) is 37.1 Å². The third kappa shape index (κ3) is 3.84. The van der Waals surface area contributed by atoms with Crippen molar-refractivity contribution in [1.29, 1.82) is 0 Å². The fourth-order valence-electron chi connectivity index (χ4n) is 2.83. The minimum Gasteiger partial charge on any atom is -0.317 e. The molecule has 1 aromatic rings. The molecule has 2 rings (SSSR count). The van der Waals surface area contributed by atoms with Crippen molar-refractivity contribution in [3.63, 3.8) is 0 Å². The molecule has 118 valence electrons. The van der Waals surface area contributed by atoms with Crippen LogP contribution >= 0.6 is 0 Å². The van der Waals surface area contributed by atoms with Gasteiger partial charge in [-0.15, -0.1) is 0 Å². The zero-order valence-corrected chi connectivity index (χ0v) is 14.0. The van der Waals surface area contributed by atoms with Gasteiger partial charge in [-0.1, -0.05) is 19.1 Å². The normalized spacial score (nSPS) is 18.0. The highest BCUT2D eigenvalue weighted by atomic mass is 32.2. The number of nitrogens with one attached hydrogen (secondary N) is 1. The Labute approximate surface area is 128 Å². The van der Waals surface area contributed by atoms with Crippen molar-refractivity contribution in [1.82, 2.24) is 9.62 Å². The Kier molecular flexibility index (Phi) is 5.41. The van der Waals surface area contributed by atoms with E-state index in [9.17, 15) is 8.42 Å². The van der Waals surface area contributed by atoms with Gasteiger partial charge < -0.3 is 5.32 Å². The smallest absolute Gasteiger partial charge is 0.243 e. The van der Waals surface area contributed by atoms with Gasteiger partial charge in [0, 0.05) is 13.1 Å². The lowest BCUT2D eigenvalue weighted by Gasteiger charge is -2.31. The van der Waals surface area contributed by atoms with Crippen LogP contribution in [0, 0.1) is 19.8 Å². The van der Waals surface area contributed by atoms with Gasteiger partial charge in [0.15, 0.2) is 0 Å². The standard InChI is InChI=1S/C16H26N2O2S/c1-4-17-12-15-7-9-18(10-8-15)21(19,20)16-11-13(2)5-6-14(16)3/h5-6,11,15,17H,4,7-10,12H2,1-3H3. The summed E-state index contributed by atoms with van der Waals surface area (Å²) in [7, 11) is -3.35. The molecule has 1 aliphatic heterocycles. The maximum atomic E-state index is 12.8. The van der Waals surface area contributed by atoms with Gasteiger partial charge in [-0.05, 0) is 62.9 Å². The molecular formula is C16H26N2O2S. The van der Waals surface area contributed by atoms with E-state index < -0.39 is 10.0 Å². The number of hydrogen-bond donors (Lipinski definition) is 1. The Morgan fingerprint density at radius 1 is 1.24 bits per heavy atom. The molecule has 4 nitrogen and oxygen atoms in total. The van der Waals surface area contributed by atoms with Crippen LogP contribution in [0.4, 0.5) is 0 Å². The average Bonchev–Trinajstić information content (AvgIpc) is 2.48. The summed E-state index contributed by atoms with van der Waals surface area (Å²) >= 11 is 0. The number of nitrogens with zero attached hydrogens (tertiary/aromatic N) is 1. The lowest BCUT2D eigenvalue weighted by molar-refractivity contribution is 0.268. The minimum atomic E-state index is -3.35. The van der Waals surface area contributed by atoms with E-state index in [-0.39, 0.29) is 0 Å². The monoisotopic (exact) mass is 310 g/mol. The molecule has 1 heterocycles. The van der Waals surface area contributed by atoms with E-state index in [2.05, 4.69) is 12.2 Å². The molecule has 0 radical (unpaired) electrons. The highest BCUT2D eigenvalue weighted by Crippen LogP contribution is 2.26. The molecule has 1 fully saturated rings. The molecule has 1 aromatic carbocycles. The second kappa shape index (κ2) is 6.90. The number of aryl methyl sites for hydroxylation is 2. The molecule has 0 aromatic heterocycles. The molecule has 1 aliphatic rings. The molecule has 0 amide bonds. The van der Waals surface area contributed by atoms with Crippen molar-refractivity contribution in [3.05, 3.63) is 29.3 Å². The molecule has 1 N–H and O–H groups in total. The molecule has 21 heavy (non-hydrogen) atoms. The van der Waals surface area contributed by atoms with Crippen molar-refractivity contribution in [2.24, 2.45) is 5.92 Å². The van der Waals surface area contributed by atoms with E-state index in [1.54, 1.807) is 10.4 Å². The number of rotatable bonds is 5. The van der Waals surface area contributed by atoms with Crippen molar-refractivity contribution in [3.8, 4) is 0 Å². The van der Waals surface area contributed by atoms with Crippen LogP contribution in [0.3, 0.4) is 0 Å². The van der Waals surface area contributed by atoms with Gasteiger partial charge in [-0.3, -0.25) is 0 Å². The molecule has 0 spiro atoms. The van der Waals surface area contributed by atoms with E-state index in [0.29, 0.717) is 23.9 Å². The summed E-state index contributed by atoms with van der Waals surface area (Å²) < 4.78 is 27.2. The quantitative estimate of drug-likeness (QED) is 0.908. The van der Waals surface area contributed by atoms with Crippen LogP contribution in [-0.2, 0) is 10.0 Å². The molecule has 0 unspecified atom stereocenters. The van der Waals surface area contributed by atoms with Crippen LogP contribution in [0.1, 0.15) is 30.9 Å². The summed E-state index contributed by atoms with van der Waals surface area (Å²) in [6, 6.07) is 5.63. The van der Waals surface area contributed by atoms with Crippen molar-refractivity contribution in [2.75, 3.05) is 26.2 Å². The van der Waals surface area contributed by atoms with Gasteiger partial charge >= 0.3 is 0 Å². The lowest BCUT2D eigenvalue weighted by atomic mass is 9.98. The summed E-state index contributed by atoms with van der Waals surface area (Å²) in [5, 5.41) is 3.35. The summed E-state index contributed by atoms with van der Waals surface area (Å²) in [4.78, 5) is 0.465. The molecule has 0 saturated carbocycles. The van der Waals surface area contributed by atoms with Gasteiger partial charge in [-0.2, -0.15) is 4.31 Å². The van der Waals surface area contributed by atoms with E-state index in [1.807, 2.05) is 26.0 Å². The topological polar surface area (TPSA) is 49.4 Å². The van der Waals surface area contributed by atoms with E-state index in [4.69, 9.17) is 0 Å². The summed E-state index contributed by atoms with van der Waals surface area (Å²) in [5.41, 5.74) is 1.82. The Bertz CT molecular complexity index is 576. The Balaban J connectivity index is 2.10. The van der Waals surface area contributed by atoms with Crippen LogP contribution in [-0.4, -0.2) is 38.9 Å². The first kappa shape index (κ1) is 16.5. The second-order valence-electron chi connectivity index (χ2n) is 5.92. The fraction of sp³-hybridized carbons (Fsp3) is 0.625. The maximum absolute atomic E-state index is 12.8. The summed E-state index contributed by atoms with van der Waals surface area (Å²) in [6.45, 7) is 9.12. The predicted octanol–water partition coefficient (Wildman–Crippen LogP) is 2.31. The molecule has 0 atom stereocenters. The average molecular weight is 310 g/mol. The first-order valence-electron chi connectivity index (χ1n) is 7.73. The number of sulfonamides is 1. The Morgan fingerprint density at radius 2 is 1.90 bits per heavy atom. The van der Waals surface area contributed by atoms with Crippen molar-refractivity contribution >= 4 is 10.0 Å². The number of piperidine rings is 1. The van der Waals surface area contributed by atoms with Gasteiger partial charge in [0.25, 0.3) is 0 Å². The molecule has 0 aliphatic carbocycles. The third-order valence-corrected chi connectivity index (χ3v) is 6.26. The van der Waals surface area contributed by atoms with Gasteiger partial charge in [0.05, 0.1) is 4.90 Å². The van der Waals surface area contributed by atoms with Crippen LogP contribution in [0.5, 0.6) is 0 Å². The first-order valence-corrected chi connectivity index (χ1v) is 9.17. The predicted molar refractivity (Wildman–Crippen MR) is 85.9 cm³/mol. The summed E-state index contributed by atoms with van der Waals surface area (Å²) in [5.74, 6) is 0.593. The van der Waals surface area contributed by atoms with E-state index in [1.165, 1.54) is 0 Å². The SMILES string of the molecule is CCNCC1CCN(S(=O)(=O)c2cc(C)ccc2C)CC1. The molecule has 0 bridgehead atoms. The van der Waals surface area contributed by atoms with E-state index >= 15 is 0 Å². The molecular weight excluding hydrogens is 284 g/mol. The Hall–Kier alpha value is -0.910. The molecule has 1 saturated heterocycles. The zero-order chi connectivity index (χ0) is 15.5. The largest absolute Gasteiger partial charge is 0.317 e.